The number of halogens is 1. The van der Waals surface area contributed by atoms with Crippen molar-refractivity contribution >= 4 is 27.3 Å². The van der Waals surface area contributed by atoms with Gasteiger partial charge in [0.25, 0.3) is 10.0 Å². The minimum atomic E-state index is -3.94. The van der Waals surface area contributed by atoms with Crippen LogP contribution in [-0.4, -0.2) is 28.0 Å². The van der Waals surface area contributed by atoms with Crippen LogP contribution in [0.5, 0.6) is 5.75 Å². The lowest BCUT2D eigenvalue weighted by atomic mass is 9.91. The maximum atomic E-state index is 13.9. The summed E-state index contributed by atoms with van der Waals surface area (Å²) < 4.78 is 46.6. The zero-order valence-electron chi connectivity index (χ0n) is 14.8. The monoisotopic (exact) mass is 390 g/mol. The topological polar surface area (TPSA) is 75.7 Å². The number of ether oxygens (including phenoxy) is 1. The Balaban J connectivity index is 1.69. The highest BCUT2D eigenvalue weighted by Gasteiger charge is 2.30. The van der Waals surface area contributed by atoms with E-state index in [9.17, 15) is 17.6 Å². The number of benzene rings is 2. The van der Waals surface area contributed by atoms with Crippen LogP contribution in [0.3, 0.4) is 0 Å². The first-order valence-corrected chi connectivity index (χ1v) is 10.2. The highest BCUT2D eigenvalue weighted by atomic mass is 32.2. The molecule has 2 heterocycles. The molecule has 0 fully saturated rings. The number of rotatable bonds is 4. The molecule has 1 N–H and O–H groups in total. The molecule has 0 spiro atoms. The zero-order valence-corrected chi connectivity index (χ0v) is 15.6. The SMILES string of the molecule is COc1ccc(S(=O)(=O)Nc2cc3c4c(c2)CCC(=O)N4CCC3)cc1F. The van der Waals surface area contributed by atoms with E-state index < -0.39 is 15.8 Å². The number of anilines is 2. The zero-order chi connectivity index (χ0) is 19.2. The molecule has 6 nitrogen and oxygen atoms in total. The molecule has 8 heteroatoms. The summed E-state index contributed by atoms with van der Waals surface area (Å²) in [7, 11) is -2.63. The van der Waals surface area contributed by atoms with Gasteiger partial charge in [0.2, 0.25) is 5.91 Å². The van der Waals surface area contributed by atoms with Gasteiger partial charge in [-0.05, 0) is 60.7 Å². The van der Waals surface area contributed by atoms with Gasteiger partial charge in [-0.15, -0.1) is 0 Å². The lowest BCUT2D eigenvalue weighted by Gasteiger charge is -2.35. The second kappa shape index (κ2) is 6.53. The van der Waals surface area contributed by atoms with Crippen molar-refractivity contribution in [2.75, 3.05) is 23.3 Å². The predicted octanol–water partition coefficient (Wildman–Crippen LogP) is 2.86. The van der Waals surface area contributed by atoms with Crippen molar-refractivity contribution in [2.45, 2.75) is 30.6 Å². The van der Waals surface area contributed by atoms with E-state index in [2.05, 4.69) is 4.72 Å². The molecule has 2 aliphatic rings. The van der Waals surface area contributed by atoms with Crippen molar-refractivity contribution in [3.63, 3.8) is 0 Å². The van der Waals surface area contributed by atoms with Crippen LogP contribution in [0, 0.1) is 5.82 Å². The smallest absolute Gasteiger partial charge is 0.262 e. The molecule has 2 aliphatic heterocycles. The summed E-state index contributed by atoms with van der Waals surface area (Å²) in [6.45, 7) is 0.703. The van der Waals surface area contributed by atoms with Crippen LogP contribution in [0.25, 0.3) is 0 Å². The number of methoxy groups -OCH3 is 1. The highest BCUT2D eigenvalue weighted by Crippen LogP contribution is 2.38. The number of carbonyl (C=O) groups is 1. The Hall–Kier alpha value is -2.61. The largest absolute Gasteiger partial charge is 0.494 e. The number of hydrogen-bond acceptors (Lipinski definition) is 4. The molecular weight excluding hydrogens is 371 g/mol. The molecule has 2 aromatic rings. The van der Waals surface area contributed by atoms with Crippen molar-refractivity contribution in [3.8, 4) is 5.75 Å². The molecule has 142 valence electrons. The summed E-state index contributed by atoms with van der Waals surface area (Å²) >= 11 is 0. The van der Waals surface area contributed by atoms with Crippen molar-refractivity contribution in [1.29, 1.82) is 0 Å². The van der Waals surface area contributed by atoms with Gasteiger partial charge in [0, 0.05) is 18.7 Å². The predicted molar refractivity (Wildman–Crippen MR) is 99.2 cm³/mol. The summed E-state index contributed by atoms with van der Waals surface area (Å²) in [6, 6.07) is 7.04. The average molecular weight is 390 g/mol. The Morgan fingerprint density at radius 2 is 1.85 bits per heavy atom. The van der Waals surface area contributed by atoms with E-state index in [-0.39, 0.29) is 16.6 Å². The summed E-state index contributed by atoms with van der Waals surface area (Å²) in [5.74, 6) is -0.641. The Bertz CT molecular complexity index is 1020. The Labute approximate surface area is 157 Å². The van der Waals surface area contributed by atoms with Crippen molar-refractivity contribution < 1.29 is 22.3 Å². The molecule has 0 bridgehead atoms. The fraction of sp³-hybridized carbons (Fsp3) is 0.316. The van der Waals surface area contributed by atoms with Crippen molar-refractivity contribution in [2.24, 2.45) is 0 Å². The Kier molecular flexibility index (Phi) is 4.30. The lowest BCUT2D eigenvalue weighted by molar-refractivity contribution is -0.119. The summed E-state index contributed by atoms with van der Waals surface area (Å²) in [5, 5.41) is 0. The average Bonchev–Trinajstić information content (AvgIpc) is 2.64. The fourth-order valence-corrected chi connectivity index (χ4v) is 4.79. The quantitative estimate of drug-likeness (QED) is 0.871. The molecule has 4 rings (SSSR count). The normalized spacial score (nSPS) is 16.1. The van der Waals surface area contributed by atoms with Crippen LogP contribution in [0.1, 0.15) is 24.0 Å². The number of nitrogens with zero attached hydrogens (tertiary/aromatic N) is 1. The van der Waals surface area contributed by atoms with E-state index in [4.69, 9.17) is 4.74 Å². The molecule has 2 aromatic carbocycles. The molecule has 1 amide bonds. The molecule has 27 heavy (non-hydrogen) atoms. The first kappa shape index (κ1) is 17.8. The third kappa shape index (κ3) is 3.14. The Morgan fingerprint density at radius 3 is 2.56 bits per heavy atom. The third-order valence-electron chi connectivity index (χ3n) is 4.96. The molecule has 0 saturated carbocycles. The van der Waals surface area contributed by atoms with Gasteiger partial charge in [-0.1, -0.05) is 0 Å². The molecule has 0 unspecified atom stereocenters. The van der Waals surface area contributed by atoms with Crippen LogP contribution in [0.4, 0.5) is 15.8 Å². The van der Waals surface area contributed by atoms with E-state index in [1.807, 2.05) is 0 Å². The minimum absolute atomic E-state index is 0.0167. The van der Waals surface area contributed by atoms with E-state index in [1.54, 1.807) is 17.0 Å². The molecule has 0 saturated heterocycles. The van der Waals surface area contributed by atoms with Gasteiger partial charge in [0.05, 0.1) is 17.7 Å². The van der Waals surface area contributed by atoms with Gasteiger partial charge in [-0.25, -0.2) is 12.8 Å². The van der Waals surface area contributed by atoms with Crippen LogP contribution in [-0.2, 0) is 27.7 Å². The maximum absolute atomic E-state index is 13.9. The molecule has 0 radical (unpaired) electrons. The van der Waals surface area contributed by atoms with Gasteiger partial charge in [-0.3, -0.25) is 9.52 Å². The lowest BCUT2D eigenvalue weighted by Crippen LogP contribution is -2.39. The van der Waals surface area contributed by atoms with Gasteiger partial charge in [-0.2, -0.15) is 0 Å². The maximum Gasteiger partial charge on any atom is 0.262 e. The number of nitrogens with one attached hydrogen (secondary N) is 1. The van der Waals surface area contributed by atoms with Crippen LogP contribution >= 0.6 is 0 Å². The van der Waals surface area contributed by atoms with Gasteiger partial charge in [0.15, 0.2) is 11.6 Å². The molecule has 0 aliphatic carbocycles. The standard InChI is InChI=1S/C19H19FN2O4S/c1-26-17-6-5-15(11-16(17)20)27(24,25)21-14-9-12-3-2-8-22-18(23)7-4-13(10-14)19(12)22/h5-6,9-11,21H,2-4,7-8H2,1H3. The Morgan fingerprint density at radius 1 is 1.11 bits per heavy atom. The third-order valence-corrected chi connectivity index (χ3v) is 6.34. The van der Waals surface area contributed by atoms with Crippen LogP contribution < -0.4 is 14.4 Å². The molecule has 0 atom stereocenters. The first-order chi connectivity index (χ1) is 12.9. The van der Waals surface area contributed by atoms with E-state index in [0.717, 1.165) is 35.7 Å². The van der Waals surface area contributed by atoms with E-state index in [0.29, 0.717) is 25.1 Å². The fourth-order valence-electron chi connectivity index (χ4n) is 3.74. The first-order valence-electron chi connectivity index (χ1n) is 8.71. The summed E-state index contributed by atoms with van der Waals surface area (Å²) in [4.78, 5) is 13.7. The van der Waals surface area contributed by atoms with Crippen molar-refractivity contribution in [1.82, 2.24) is 0 Å². The van der Waals surface area contributed by atoms with Gasteiger partial charge >= 0.3 is 0 Å². The number of hydrogen-bond donors (Lipinski definition) is 1. The minimum Gasteiger partial charge on any atom is -0.494 e. The van der Waals surface area contributed by atoms with Gasteiger partial charge < -0.3 is 9.64 Å². The second-order valence-electron chi connectivity index (χ2n) is 6.69. The van der Waals surface area contributed by atoms with Crippen LogP contribution in [0.15, 0.2) is 35.2 Å². The summed E-state index contributed by atoms with van der Waals surface area (Å²) in [5.41, 5.74) is 3.28. The highest BCUT2D eigenvalue weighted by molar-refractivity contribution is 7.92. The summed E-state index contributed by atoms with van der Waals surface area (Å²) in [6.07, 6.45) is 2.65. The van der Waals surface area contributed by atoms with Crippen LogP contribution in [0.2, 0.25) is 0 Å². The number of sulfonamides is 1. The van der Waals surface area contributed by atoms with Gasteiger partial charge in [0.1, 0.15) is 0 Å². The number of amides is 1. The molecular formula is C19H19FN2O4S. The number of carbonyl (C=O) groups excluding carboxylic acids is 1. The molecule has 0 aromatic heterocycles. The van der Waals surface area contributed by atoms with E-state index >= 15 is 0 Å². The van der Waals surface area contributed by atoms with Crippen molar-refractivity contribution in [3.05, 3.63) is 47.3 Å². The second-order valence-corrected chi connectivity index (χ2v) is 8.38. The van der Waals surface area contributed by atoms with E-state index in [1.165, 1.54) is 19.2 Å². The number of aryl methyl sites for hydroxylation is 2.